The molecule has 0 spiro atoms. The van der Waals surface area contributed by atoms with Crippen LogP contribution < -0.4 is 0 Å². The summed E-state index contributed by atoms with van der Waals surface area (Å²) in [6, 6.07) is 6.58. The van der Waals surface area contributed by atoms with Gasteiger partial charge in [-0.2, -0.15) is 0 Å². The topological polar surface area (TPSA) is 53.4 Å². The molecule has 1 aliphatic carbocycles. The number of carbonyl (C=O) groups excluding carboxylic acids is 1. The lowest BCUT2D eigenvalue weighted by molar-refractivity contribution is -0.0490. The number of amides is 1. The van der Waals surface area contributed by atoms with Crippen molar-refractivity contribution in [2.45, 2.75) is 37.6 Å². The highest BCUT2D eigenvalue weighted by Gasteiger charge is 2.37. The molecule has 1 aromatic carbocycles. The van der Waals surface area contributed by atoms with Crippen molar-refractivity contribution in [3.63, 3.8) is 0 Å². The fourth-order valence-corrected chi connectivity index (χ4v) is 3.07. The molecule has 1 heterocycles. The minimum absolute atomic E-state index is 0.149. The summed E-state index contributed by atoms with van der Waals surface area (Å²) in [5.41, 5.74) is 0.512. The maximum absolute atomic E-state index is 13.3. The van der Waals surface area contributed by atoms with Crippen molar-refractivity contribution in [3.8, 4) is 5.75 Å². The summed E-state index contributed by atoms with van der Waals surface area (Å²) in [6.45, 7) is 0. The van der Waals surface area contributed by atoms with E-state index in [0.717, 1.165) is 5.39 Å². The molecule has 1 fully saturated rings. The van der Waals surface area contributed by atoms with E-state index in [-0.39, 0.29) is 48.9 Å². The number of fused-ring (bicyclic) bond motifs is 1. The van der Waals surface area contributed by atoms with E-state index in [1.807, 2.05) is 0 Å². The van der Waals surface area contributed by atoms with Gasteiger partial charge in [0.1, 0.15) is 5.52 Å². The maximum Gasteiger partial charge on any atom is 0.257 e. The number of phenols is 1. The van der Waals surface area contributed by atoms with Gasteiger partial charge in [0.2, 0.25) is 5.92 Å². The van der Waals surface area contributed by atoms with E-state index in [4.69, 9.17) is 0 Å². The number of aromatic nitrogens is 1. The van der Waals surface area contributed by atoms with Crippen molar-refractivity contribution < 1.29 is 18.7 Å². The van der Waals surface area contributed by atoms with Gasteiger partial charge in [-0.1, -0.05) is 12.1 Å². The van der Waals surface area contributed by atoms with Gasteiger partial charge >= 0.3 is 0 Å². The smallest absolute Gasteiger partial charge is 0.257 e. The second-order valence-electron chi connectivity index (χ2n) is 6.04. The van der Waals surface area contributed by atoms with E-state index in [9.17, 15) is 18.7 Å². The molecule has 0 aliphatic heterocycles. The minimum Gasteiger partial charge on any atom is -0.505 e. The summed E-state index contributed by atoms with van der Waals surface area (Å²) >= 11 is 0. The largest absolute Gasteiger partial charge is 0.505 e. The fourth-order valence-electron chi connectivity index (χ4n) is 3.07. The number of halogens is 2. The Balaban J connectivity index is 1.84. The zero-order valence-electron chi connectivity index (χ0n) is 12.8. The molecule has 1 amide bonds. The van der Waals surface area contributed by atoms with Crippen LogP contribution in [0.4, 0.5) is 8.78 Å². The lowest BCUT2D eigenvalue weighted by atomic mass is 9.91. The number of benzene rings is 1. The van der Waals surface area contributed by atoms with E-state index in [0.29, 0.717) is 5.52 Å². The molecular weight excluding hydrogens is 302 g/mol. The van der Waals surface area contributed by atoms with Gasteiger partial charge in [-0.05, 0) is 25.0 Å². The highest BCUT2D eigenvalue weighted by Crippen LogP contribution is 2.36. The fraction of sp³-hybridized carbons (Fsp3) is 0.412. The summed E-state index contributed by atoms with van der Waals surface area (Å²) in [5, 5.41) is 11.1. The van der Waals surface area contributed by atoms with Crippen LogP contribution in [0.5, 0.6) is 5.75 Å². The Kier molecular flexibility index (Phi) is 3.92. The SMILES string of the molecule is CN(C(=O)c1ccc2cccnc2c1O)C1CCC(F)(F)CC1. The number of rotatable bonds is 2. The number of aromatic hydroxyl groups is 1. The molecule has 122 valence electrons. The van der Waals surface area contributed by atoms with Crippen LogP contribution >= 0.6 is 0 Å². The number of hydrogen-bond donors (Lipinski definition) is 1. The third kappa shape index (κ3) is 2.98. The first-order valence-corrected chi connectivity index (χ1v) is 7.61. The number of pyridine rings is 1. The molecule has 2 aromatic rings. The standard InChI is InChI=1S/C17H18F2N2O2/c1-21(12-6-8-17(18,19)9-7-12)16(23)13-5-4-11-3-2-10-20-14(11)15(13)22/h2-5,10,12,22H,6-9H2,1H3. The van der Waals surface area contributed by atoms with Gasteiger partial charge < -0.3 is 10.0 Å². The van der Waals surface area contributed by atoms with Crippen molar-refractivity contribution >= 4 is 16.8 Å². The molecular formula is C17H18F2N2O2. The Morgan fingerprint density at radius 1 is 1.30 bits per heavy atom. The molecule has 6 heteroatoms. The average Bonchev–Trinajstić information content (AvgIpc) is 2.54. The monoisotopic (exact) mass is 320 g/mol. The molecule has 23 heavy (non-hydrogen) atoms. The Bertz CT molecular complexity index is 738. The molecule has 0 saturated heterocycles. The third-order valence-electron chi connectivity index (χ3n) is 4.53. The first-order valence-electron chi connectivity index (χ1n) is 7.61. The van der Waals surface area contributed by atoms with E-state index in [2.05, 4.69) is 4.98 Å². The number of carbonyl (C=O) groups is 1. The van der Waals surface area contributed by atoms with Gasteiger partial charge in [-0.3, -0.25) is 9.78 Å². The van der Waals surface area contributed by atoms with Gasteiger partial charge in [0.15, 0.2) is 5.75 Å². The van der Waals surface area contributed by atoms with E-state index >= 15 is 0 Å². The highest BCUT2D eigenvalue weighted by molar-refractivity contribution is 6.02. The van der Waals surface area contributed by atoms with Crippen LogP contribution in [0.1, 0.15) is 36.0 Å². The van der Waals surface area contributed by atoms with Crippen LogP contribution in [-0.2, 0) is 0 Å². The Hall–Kier alpha value is -2.24. The molecule has 4 nitrogen and oxygen atoms in total. The van der Waals surface area contributed by atoms with Gasteiger partial charge in [0.05, 0.1) is 5.56 Å². The van der Waals surface area contributed by atoms with Crippen molar-refractivity contribution in [1.29, 1.82) is 0 Å². The predicted octanol–water partition coefficient (Wildman–Crippen LogP) is 3.59. The summed E-state index contributed by atoms with van der Waals surface area (Å²) in [4.78, 5) is 18.2. The second kappa shape index (κ2) is 5.76. The summed E-state index contributed by atoms with van der Waals surface area (Å²) in [5.74, 6) is -3.17. The van der Waals surface area contributed by atoms with Crippen molar-refractivity contribution in [1.82, 2.24) is 9.88 Å². The number of phenolic OH excluding ortho intramolecular Hbond substituents is 1. The Morgan fingerprint density at radius 3 is 2.70 bits per heavy atom. The van der Waals surface area contributed by atoms with Crippen LogP contribution in [0.25, 0.3) is 10.9 Å². The lowest BCUT2D eigenvalue weighted by Crippen LogP contribution is -2.41. The maximum atomic E-state index is 13.3. The normalized spacial score (nSPS) is 18.0. The summed E-state index contributed by atoms with van der Waals surface area (Å²) < 4.78 is 26.5. The van der Waals surface area contributed by atoms with Crippen molar-refractivity contribution in [3.05, 3.63) is 36.0 Å². The third-order valence-corrected chi connectivity index (χ3v) is 4.53. The van der Waals surface area contributed by atoms with Crippen LogP contribution in [-0.4, -0.2) is 39.9 Å². The summed E-state index contributed by atoms with van der Waals surface area (Å²) in [7, 11) is 1.60. The molecule has 0 radical (unpaired) electrons. The van der Waals surface area contributed by atoms with Crippen molar-refractivity contribution in [2.24, 2.45) is 0 Å². The molecule has 3 rings (SSSR count). The first kappa shape index (κ1) is 15.6. The summed E-state index contributed by atoms with van der Waals surface area (Å²) in [6.07, 6.45) is 1.66. The molecule has 1 aromatic heterocycles. The Morgan fingerprint density at radius 2 is 2.00 bits per heavy atom. The van der Waals surface area contributed by atoms with Crippen LogP contribution in [0.2, 0.25) is 0 Å². The minimum atomic E-state index is -2.63. The lowest BCUT2D eigenvalue weighted by Gasteiger charge is -2.34. The van der Waals surface area contributed by atoms with Gasteiger partial charge in [-0.25, -0.2) is 8.78 Å². The first-order chi connectivity index (χ1) is 10.9. The Labute approximate surface area is 132 Å². The highest BCUT2D eigenvalue weighted by atomic mass is 19.3. The average molecular weight is 320 g/mol. The quantitative estimate of drug-likeness (QED) is 0.920. The van der Waals surface area contributed by atoms with Gasteiger partial charge in [0.25, 0.3) is 5.91 Å². The molecule has 0 bridgehead atoms. The molecule has 1 saturated carbocycles. The zero-order valence-corrected chi connectivity index (χ0v) is 12.8. The van der Waals surface area contributed by atoms with Crippen LogP contribution in [0.15, 0.2) is 30.5 Å². The van der Waals surface area contributed by atoms with Crippen LogP contribution in [0, 0.1) is 0 Å². The molecule has 0 atom stereocenters. The van der Waals surface area contributed by atoms with Crippen molar-refractivity contribution in [2.75, 3.05) is 7.05 Å². The number of alkyl halides is 2. The molecule has 0 unspecified atom stereocenters. The zero-order chi connectivity index (χ0) is 16.6. The van der Waals surface area contributed by atoms with Gasteiger partial charge in [0, 0.05) is 37.5 Å². The number of nitrogens with zero attached hydrogens (tertiary/aromatic N) is 2. The number of hydrogen-bond acceptors (Lipinski definition) is 3. The molecule has 1 N–H and O–H groups in total. The van der Waals surface area contributed by atoms with E-state index in [1.54, 1.807) is 37.5 Å². The van der Waals surface area contributed by atoms with E-state index in [1.165, 1.54) is 4.90 Å². The van der Waals surface area contributed by atoms with Crippen LogP contribution in [0.3, 0.4) is 0 Å². The second-order valence-corrected chi connectivity index (χ2v) is 6.04. The van der Waals surface area contributed by atoms with Gasteiger partial charge in [-0.15, -0.1) is 0 Å². The van der Waals surface area contributed by atoms with E-state index < -0.39 is 5.92 Å². The predicted molar refractivity (Wildman–Crippen MR) is 82.7 cm³/mol. The molecule has 1 aliphatic rings.